The molecular weight excluding hydrogens is 811 g/mol. The fourth-order valence-electron chi connectivity index (χ4n) is 8.05. The molecule has 4 aromatic carbocycles. The average molecular weight is 870 g/mol. The van der Waals surface area contributed by atoms with Crippen LogP contribution in [0.4, 0.5) is 4.79 Å². The van der Waals surface area contributed by atoms with Crippen molar-refractivity contribution in [2.45, 2.75) is 94.9 Å². The smallest absolute Gasteiger partial charge is 0.407 e. The average Bonchev–Trinajstić information content (AvgIpc) is 3.58. The lowest BCUT2D eigenvalue weighted by molar-refractivity contribution is -0.142. The normalized spacial score (nSPS) is 15.6. The van der Waals surface area contributed by atoms with Crippen LogP contribution >= 0.6 is 0 Å². The number of carbonyl (C=O) groups is 4. The number of amides is 3. The fourth-order valence-corrected chi connectivity index (χ4v) is 12.6. The van der Waals surface area contributed by atoms with Crippen LogP contribution in [0.3, 0.4) is 0 Å². The molecule has 3 amide bonds. The Morgan fingerprint density at radius 3 is 1.71 bits per heavy atom. The van der Waals surface area contributed by atoms with Gasteiger partial charge in [0.05, 0.1) is 12.7 Å². The summed E-state index contributed by atoms with van der Waals surface area (Å²) in [5.74, 6) is -3.57. The second kappa shape index (κ2) is 21.1. The third-order valence-electron chi connectivity index (χ3n) is 11.4. The van der Waals surface area contributed by atoms with Gasteiger partial charge < -0.3 is 50.6 Å². The van der Waals surface area contributed by atoms with E-state index in [-0.39, 0.29) is 25.6 Å². The second-order valence-electron chi connectivity index (χ2n) is 17.0. The molecule has 8 N–H and O–H groups in total. The predicted octanol–water partition coefficient (Wildman–Crippen LogP) is 3.04. The Balaban J connectivity index is 1.10. The first-order chi connectivity index (χ1) is 29.5. The molecule has 14 nitrogen and oxygen atoms in total. The highest BCUT2D eigenvalue weighted by Gasteiger charge is 2.51. The molecule has 5 rings (SSSR count). The molecule has 0 radical (unpaired) electrons. The van der Waals surface area contributed by atoms with Gasteiger partial charge in [-0.15, -0.1) is 0 Å². The Hall–Kier alpha value is -5.42. The van der Waals surface area contributed by atoms with Crippen molar-refractivity contribution in [3.8, 4) is 11.1 Å². The summed E-state index contributed by atoms with van der Waals surface area (Å²) in [7, 11) is -3.10. The van der Waals surface area contributed by atoms with Crippen LogP contribution in [0.5, 0.6) is 0 Å². The van der Waals surface area contributed by atoms with Crippen molar-refractivity contribution in [3.05, 3.63) is 120 Å². The topological polar surface area (TPSA) is 224 Å². The minimum atomic E-state index is -3.10. The molecule has 0 spiro atoms. The number of carboxylic acid groups (broad SMARTS) is 1. The molecule has 4 aromatic rings. The van der Waals surface area contributed by atoms with Gasteiger partial charge in [0, 0.05) is 18.9 Å². The van der Waals surface area contributed by atoms with Crippen LogP contribution in [0, 0.1) is 5.92 Å². The molecule has 1 aliphatic carbocycles. The number of ether oxygens (including phenoxy) is 1. The van der Waals surface area contributed by atoms with Gasteiger partial charge >= 0.3 is 12.1 Å². The standard InChI is InChI=1S/C47H59N3O11Si/c1-29(2)41(50-46(59)60-27-36-34-22-14-12-20-32(34)33-21-13-15-23-35(33)36)44(56)49-37(45(57)58)24-25-40(53)48-26-38(51)42(54)43(55)39(52)28-61-62(47(3,4)5,30-16-8-6-9-17-30)31-18-10-7-11-19-31/h6-23,29,36-39,41-43,51-52,54-55H,24-28H2,1-5H3,(H,48,53)(H,49,56)(H,50,59)(H,57,58)/t37?,38-,39+,41?,42+,43+/m0/s1. The van der Waals surface area contributed by atoms with E-state index in [0.717, 1.165) is 32.6 Å². The van der Waals surface area contributed by atoms with E-state index in [0.29, 0.717) is 0 Å². The Kier molecular flexibility index (Phi) is 16.2. The van der Waals surface area contributed by atoms with E-state index in [2.05, 4.69) is 16.0 Å². The van der Waals surface area contributed by atoms with Crippen molar-refractivity contribution in [2.75, 3.05) is 19.8 Å². The van der Waals surface area contributed by atoms with Crippen molar-refractivity contribution in [1.82, 2.24) is 16.0 Å². The number of aliphatic carboxylic acids is 1. The molecule has 0 aromatic heterocycles. The SMILES string of the molecule is CC(C)C(NC(=O)OCC1c2ccccc2-c2ccccc21)C(=O)NC(CCC(=O)NC[C@H](O)[C@@H](O)[C@H](O)[C@H](O)CO[Si](c1ccccc1)(c1ccccc1)C(C)(C)C)C(=O)O. The van der Waals surface area contributed by atoms with Crippen LogP contribution in [-0.2, 0) is 23.5 Å². The van der Waals surface area contributed by atoms with Gasteiger partial charge in [-0.05, 0) is 50.0 Å². The minimum absolute atomic E-state index is 0.0157. The second-order valence-corrected chi connectivity index (χ2v) is 21.3. The molecule has 0 heterocycles. The maximum Gasteiger partial charge on any atom is 0.407 e. The van der Waals surface area contributed by atoms with E-state index in [4.69, 9.17) is 9.16 Å². The lowest BCUT2D eigenvalue weighted by Gasteiger charge is -2.43. The van der Waals surface area contributed by atoms with Crippen LogP contribution in [0.25, 0.3) is 11.1 Å². The molecule has 2 unspecified atom stereocenters. The number of hydrogen-bond donors (Lipinski definition) is 8. The number of aliphatic hydroxyl groups is 4. The lowest BCUT2D eigenvalue weighted by Crippen LogP contribution is -2.67. The number of carboxylic acids is 1. The zero-order chi connectivity index (χ0) is 45.2. The van der Waals surface area contributed by atoms with E-state index in [1.807, 2.05) is 130 Å². The summed E-state index contributed by atoms with van der Waals surface area (Å²) in [6.07, 6.45) is -8.69. The number of alkyl carbamates (subject to hydrolysis) is 1. The van der Waals surface area contributed by atoms with E-state index in [9.17, 15) is 44.7 Å². The molecule has 332 valence electrons. The monoisotopic (exact) mass is 869 g/mol. The van der Waals surface area contributed by atoms with Gasteiger partial charge in [0.15, 0.2) is 0 Å². The van der Waals surface area contributed by atoms with Crippen molar-refractivity contribution in [3.63, 3.8) is 0 Å². The zero-order valence-electron chi connectivity index (χ0n) is 35.7. The molecule has 0 fully saturated rings. The van der Waals surface area contributed by atoms with Gasteiger partial charge in [-0.25, -0.2) is 9.59 Å². The zero-order valence-corrected chi connectivity index (χ0v) is 36.7. The number of benzene rings is 4. The summed E-state index contributed by atoms with van der Waals surface area (Å²) in [4.78, 5) is 51.2. The quantitative estimate of drug-likeness (QED) is 0.0603. The number of fused-ring (bicyclic) bond motifs is 3. The van der Waals surface area contributed by atoms with Gasteiger partial charge in [-0.2, -0.15) is 0 Å². The van der Waals surface area contributed by atoms with Crippen LogP contribution < -0.4 is 26.3 Å². The Bertz CT molecular complexity index is 2050. The van der Waals surface area contributed by atoms with Crippen LogP contribution in [-0.4, -0.2) is 114 Å². The van der Waals surface area contributed by atoms with Crippen molar-refractivity contribution >= 4 is 42.6 Å². The Morgan fingerprint density at radius 2 is 1.21 bits per heavy atom. The lowest BCUT2D eigenvalue weighted by atomic mass is 9.98. The number of carbonyl (C=O) groups excluding carboxylic acids is 3. The van der Waals surface area contributed by atoms with Gasteiger partial charge in [0.1, 0.15) is 37.0 Å². The van der Waals surface area contributed by atoms with Crippen LogP contribution in [0.2, 0.25) is 5.04 Å². The van der Waals surface area contributed by atoms with Gasteiger partial charge in [0.2, 0.25) is 11.8 Å². The van der Waals surface area contributed by atoms with Crippen molar-refractivity contribution < 1.29 is 53.9 Å². The van der Waals surface area contributed by atoms with Crippen molar-refractivity contribution in [1.29, 1.82) is 0 Å². The van der Waals surface area contributed by atoms with E-state index >= 15 is 0 Å². The maximum absolute atomic E-state index is 13.3. The molecule has 1 aliphatic rings. The van der Waals surface area contributed by atoms with E-state index in [1.165, 1.54) is 0 Å². The first-order valence-electron chi connectivity index (χ1n) is 20.8. The first kappa shape index (κ1) is 47.6. The number of aliphatic hydroxyl groups excluding tert-OH is 4. The Morgan fingerprint density at radius 1 is 0.710 bits per heavy atom. The van der Waals surface area contributed by atoms with Gasteiger partial charge in [0.25, 0.3) is 8.32 Å². The predicted molar refractivity (Wildman–Crippen MR) is 236 cm³/mol. The van der Waals surface area contributed by atoms with Crippen LogP contribution in [0.1, 0.15) is 64.5 Å². The van der Waals surface area contributed by atoms with Gasteiger partial charge in [-0.3, -0.25) is 9.59 Å². The fraction of sp³-hybridized carbons (Fsp3) is 0.404. The molecule has 0 saturated carbocycles. The molecule has 0 saturated heterocycles. The molecule has 15 heteroatoms. The maximum atomic E-state index is 13.3. The van der Waals surface area contributed by atoms with E-state index in [1.54, 1.807) is 13.8 Å². The summed E-state index contributed by atoms with van der Waals surface area (Å²) in [6.45, 7) is 8.60. The molecule has 62 heavy (non-hydrogen) atoms. The van der Waals surface area contributed by atoms with E-state index < -0.39 is 92.6 Å². The third-order valence-corrected chi connectivity index (χ3v) is 16.4. The summed E-state index contributed by atoms with van der Waals surface area (Å²) >= 11 is 0. The largest absolute Gasteiger partial charge is 0.480 e. The highest BCUT2D eigenvalue weighted by Crippen LogP contribution is 2.44. The highest BCUT2D eigenvalue weighted by atomic mass is 28.4. The molecule has 6 atom stereocenters. The minimum Gasteiger partial charge on any atom is -0.480 e. The van der Waals surface area contributed by atoms with Crippen LogP contribution in [0.15, 0.2) is 109 Å². The number of hydrogen-bond acceptors (Lipinski definition) is 10. The third kappa shape index (κ3) is 11.1. The van der Waals surface area contributed by atoms with Crippen molar-refractivity contribution in [2.24, 2.45) is 5.92 Å². The summed E-state index contributed by atoms with van der Waals surface area (Å²) in [5, 5.41) is 62.1. The molecule has 0 aliphatic heterocycles. The molecular formula is C47H59N3O11Si. The number of rotatable bonds is 20. The Labute approximate surface area is 363 Å². The highest BCUT2D eigenvalue weighted by molar-refractivity contribution is 6.99. The number of nitrogens with one attached hydrogen (secondary N) is 3. The summed E-state index contributed by atoms with van der Waals surface area (Å²) < 4.78 is 12.2. The van der Waals surface area contributed by atoms with Gasteiger partial charge in [-0.1, -0.05) is 144 Å². The molecule has 0 bridgehead atoms. The first-order valence-corrected chi connectivity index (χ1v) is 22.8. The summed E-state index contributed by atoms with van der Waals surface area (Å²) in [6, 6.07) is 32.3. The summed E-state index contributed by atoms with van der Waals surface area (Å²) in [5.41, 5.74) is 4.15.